The van der Waals surface area contributed by atoms with E-state index in [1.807, 2.05) is 6.07 Å². The Bertz CT molecular complexity index is 1420. The smallest absolute Gasteiger partial charge is 0.340 e. The molecule has 3 aromatic carbocycles. The van der Waals surface area contributed by atoms with E-state index in [0.717, 1.165) is 16.9 Å². The predicted octanol–water partition coefficient (Wildman–Crippen LogP) is 6.22. The van der Waals surface area contributed by atoms with Gasteiger partial charge in [-0.15, -0.1) is 10.2 Å². The summed E-state index contributed by atoms with van der Waals surface area (Å²) >= 11 is 1.05. The van der Waals surface area contributed by atoms with Crippen LogP contribution in [0.25, 0.3) is 10.6 Å². The number of carbonyl (C=O) groups is 2. The Hall–Kier alpha value is -4.26. The molecule has 4 aromatic rings. The average Bonchev–Trinajstić information content (AvgIpc) is 3.36. The zero-order chi connectivity index (χ0) is 28.2. The summed E-state index contributed by atoms with van der Waals surface area (Å²) in [7, 11) is 0. The van der Waals surface area contributed by atoms with E-state index in [1.54, 1.807) is 54.6 Å². The molecule has 13 heteroatoms. The van der Waals surface area contributed by atoms with E-state index in [1.165, 1.54) is 0 Å². The quantitative estimate of drug-likeness (QED) is 0.261. The molecule has 0 aliphatic carbocycles. The number of carbonyl (C=O) groups excluding carboxylic acids is 2. The Labute approximate surface area is 221 Å². The van der Waals surface area contributed by atoms with Crippen molar-refractivity contribution in [2.75, 3.05) is 5.32 Å². The Morgan fingerprint density at radius 1 is 0.795 bits per heavy atom. The topological polar surface area (TPSA) is 84.0 Å². The molecular weight excluding hydrogens is 546 g/mol. The van der Waals surface area contributed by atoms with Crippen LogP contribution >= 0.6 is 11.3 Å². The molecule has 6 nitrogen and oxygen atoms in total. The largest absolute Gasteiger partial charge is 0.416 e. The van der Waals surface area contributed by atoms with Crippen LogP contribution in [-0.2, 0) is 23.6 Å². The molecule has 0 saturated carbocycles. The molecule has 4 rings (SSSR count). The van der Waals surface area contributed by atoms with Gasteiger partial charge in [-0.3, -0.25) is 14.9 Å². The Kier molecular flexibility index (Phi) is 8.00. The standard InChI is InChI=1S/C26H18F6N4O2S/c27-25(28,29)18-12-17(13-19(14-18)26(30,31)32)21(37)33-20(11-15-7-3-1-4-8-15)22(38)34-24-36-35-23(39-24)16-9-5-2-6-10-16/h1-10,12-14,20H,11H2,(H,33,37)(H,34,36,38)/t20-/m0/s1. The molecule has 202 valence electrons. The van der Waals surface area contributed by atoms with E-state index in [2.05, 4.69) is 20.8 Å². The molecule has 1 atom stereocenters. The lowest BCUT2D eigenvalue weighted by molar-refractivity contribution is -0.143. The summed E-state index contributed by atoms with van der Waals surface area (Å²) in [4.78, 5) is 26.0. The maximum absolute atomic E-state index is 13.3. The third-order valence-corrected chi connectivity index (χ3v) is 6.32. The van der Waals surface area contributed by atoms with Gasteiger partial charge >= 0.3 is 12.4 Å². The van der Waals surface area contributed by atoms with Crippen molar-refractivity contribution in [3.05, 3.63) is 101 Å². The van der Waals surface area contributed by atoms with Gasteiger partial charge in [0.15, 0.2) is 0 Å². The van der Waals surface area contributed by atoms with Crippen LogP contribution in [0, 0.1) is 0 Å². The van der Waals surface area contributed by atoms with Gasteiger partial charge in [0.05, 0.1) is 11.1 Å². The number of aromatic nitrogens is 2. The second-order valence-electron chi connectivity index (χ2n) is 8.28. The number of nitrogens with zero attached hydrogens (tertiary/aromatic N) is 2. The molecular formula is C26H18F6N4O2S. The van der Waals surface area contributed by atoms with Crippen LogP contribution in [-0.4, -0.2) is 28.1 Å². The third-order valence-electron chi connectivity index (χ3n) is 5.43. The fourth-order valence-corrected chi connectivity index (χ4v) is 4.30. The van der Waals surface area contributed by atoms with Crippen LogP contribution in [0.3, 0.4) is 0 Å². The summed E-state index contributed by atoms with van der Waals surface area (Å²) in [5.74, 6) is -2.07. The summed E-state index contributed by atoms with van der Waals surface area (Å²) < 4.78 is 79.6. The van der Waals surface area contributed by atoms with E-state index in [4.69, 9.17) is 0 Å². The zero-order valence-electron chi connectivity index (χ0n) is 19.7. The Morgan fingerprint density at radius 3 is 1.92 bits per heavy atom. The third kappa shape index (κ3) is 7.19. The van der Waals surface area contributed by atoms with Crippen LogP contribution < -0.4 is 10.6 Å². The summed E-state index contributed by atoms with van der Waals surface area (Å²) in [6.07, 6.45) is -10.4. The lowest BCUT2D eigenvalue weighted by Crippen LogP contribution is -2.45. The molecule has 1 aromatic heterocycles. The maximum atomic E-state index is 13.3. The highest BCUT2D eigenvalue weighted by atomic mass is 32.1. The highest BCUT2D eigenvalue weighted by Crippen LogP contribution is 2.36. The number of benzene rings is 3. The van der Waals surface area contributed by atoms with Crippen LogP contribution in [0.1, 0.15) is 27.0 Å². The van der Waals surface area contributed by atoms with E-state index in [9.17, 15) is 35.9 Å². The number of hydrogen-bond donors (Lipinski definition) is 2. The van der Waals surface area contributed by atoms with Crippen molar-refractivity contribution in [3.8, 4) is 10.6 Å². The minimum absolute atomic E-state index is 0.0786. The molecule has 0 saturated heterocycles. The first-order valence-electron chi connectivity index (χ1n) is 11.2. The first-order chi connectivity index (χ1) is 18.4. The van der Waals surface area contributed by atoms with Crippen molar-refractivity contribution < 1.29 is 35.9 Å². The van der Waals surface area contributed by atoms with Gasteiger partial charge in [-0.25, -0.2) is 0 Å². The van der Waals surface area contributed by atoms with Gasteiger partial charge in [-0.2, -0.15) is 26.3 Å². The summed E-state index contributed by atoms with van der Waals surface area (Å²) in [6, 6.07) is 16.5. The van der Waals surface area contributed by atoms with Gasteiger partial charge in [0.25, 0.3) is 5.91 Å². The fraction of sp³-hybridized carbons (Fsp3) is 0.154. The number of rotatable bonds is 7. The second-order valence-corrected chi connectivity index (χ2v) is 9.26. The zero-order valence-corrected chi connectivity index (χ0v) is 20.5. The van der Waals surface area contributed by atoms with Gasteiger partial charge in [-0.1, -0.05) is 72.0 Å². The highest BCUT2D eigenvalue weighted by molar-refractivity contribution is 7.18. The normalized spacial score (nSPS) is 12.6. The van der Waals surface area contributed by atoms with E-state index in [0.29, 0.717) is 22.7 Å². The molecule has 2 N–H and O–H groups in total. The Morgan fingerprint density at radius 2 is 1.36 bits per heavy atom. The van der Waals surface area contributed by atoms with Crippen molar-refractivity contribution >= 4 is 28.3 Å². The van der Waals surface area contributed by atoms with Crippen molar-refractivity contribution in [1.82, 2.24) is 15.5 Å². The number of anilines is 1. The number of nitrogens with one attached hydrogen (secondary N) is 2. The molecule has 0 aliphatic heterocycles. The number of amides is 2. The number of alkyl halides is 6. The highest BCUT2D eigenvalue weighted by Gasteiger charge is 2.38. The molecule has 0 bridgehead atoms. The average molecular weight is 565 g/mol. The SMILES string of the molecule is O=C(N[C@@H](Cc1ccccc1)C(=O)Nc1nnc(-c2ccccc2)s1)c1cc(C(F)(F)F)cc(C(F)(F)F)c1. The molecule has 0 unspecified atom stereocenters. The van der Waals surface area contributed by atoms with Gasteiger partial charge < -0.3 is 5.32 Å². The Balaban J connectivity index is 1.60. The molecule has 0 spiro atoms. The first kappa shape index (κ1) is 27.8. The lowest BCUT2D eigenvalue weighted by Gasteiger charge is -2.19. The number of hydrogen-bond acceptors (Lipinski definition) is 5. The lowest BCUT2D eigenvalue weighted by atomic mass is 10.0. The van der Waals surface area contributed by atoms with Gasteiger partial charge in [-0.05, 0) is 23.8 Å². The van der Waals surface area contributed by atoms with Crippen LogP contribution in [0.2, 0.25) is 0 Å². The minimum atomic E-state index is -5.13. The summed E-state index contributed by atoms with van der Waals surface area (Å²) in [5, 5.41) is 13.3. The molecule has 2 amide bonds. The van der Waals surface area contributed by atoms with Crippen molar-refractivity contribution in [1.29, 1.82) is 0 Å². The van der Waals surface area contributed by atoms with Gasteiger partial charge in [0.1, 0.15) is 11.0 Å². The van der Waals surface area contributed by atoms with E-state index >= 15 is 0 Å². The molecule has 0 radical (unpaired) electrons. The molecule has 1 heterocycles. The van der Waals surface area contributed by atoms with Gasteiger partial charge in [0.2, 0.25) is 11.0 Å². The van der Waals surface area contributed by atoms with Crippen LogP contribution in [0.15, 0.2) is 78.9 Å². The minimum Gasteiger partial charge on any atom is -0.340 e. The van der Waals surface area contributed by atoms with Crippen LogP contribution in [0.4, 0.5) is 31.5 Å². The van der Waals surface area contributed by atoms with Crippen molar-refractivity contribution in [3.63, 3.8) is 0 Å². The first-order valence-corrected chi connectivity index (χ1v) is 12.1. The maximum Gasteiger partial charge on any atom is 0.416 e. The van der Waals surface area contributed by atoms with E-state index in [-0.39, 0.29) is 17.6 Å². The number of halogens is 6. The fourth-order valence-electron chi connectivity index (χ4n) is 3.55. The van der Waals surface area contributed by atoms with Gasteiger partial charge in [0, 0.05) is 17.5 Å². The second kappa shape index (κ2) is 11.2. The van der Waals surface area contributed by atoms with Crippen molar-refractivity contribution in [2.24, 2.45) is 0 Å². The molecule has 39 heavy (non-hydrogen) atoms. The summed E-state index contributed by atoms with van der Waals surface area (Å²) in [5.41, 5.74) is -2.86. The van der Waals surface area contributed by atoms with Crippen LogP contribution in [0.5, 0.6) is 0 Å². The summed E-state index contributed by atoms with van der Waals surface area (Å²) in [6.45, 7) is 0. The van der Waals surface area contributed by atoms with Crippen molar-refractivity contribution in [2.45, 2.75) is 24.8 Å². The van der Waals surface area contributed by atoms with E-state index < -0.39 is 46.9 Å². The monoisotopic (exact) mass is 564 g/mol. The molecule has 0 fully saturated rings. The molecule has 0 aliphatic rings. The predicted molar refractivity (Wildman–Crippen MR) is 132 cm³/mol.